The maximum absolute atomic E-state index is 11.8. The van der Waals surface area contributed by atoms with Crippen LogP contribution < -0.4 is 5.69 Å². The number of H-pyrrole nitrogens is 1. The van der Waals surface area contributed by atoms with Gasteiger partial charge in [-0.05, 0) is 37.0 Å². The molecule has 0 spiro atoms. The molecule has 4 heteroatoms. The van der Waals surface area contributed by atoms with E-state index in [4.69, 9.17) is 0 Å². The van der Waals surface area contributed by atoms with Gasteiger partial charge in [0.15, 0.2) is 0 Å². The third-order valence-electron chi connectivity index (χ3n) is 3.24. The average Bonchev–Trinajstić information content (AvgIpc) is 3.09. The third-order valence-corrected chi connectivity index (χ3v) is 3.24. The summed E-state index contributed by atoms with van der Waals surface area (Å²) in [4.78, 5) is 25.0. The number of hydrogen-bond acceptors (Lipinski definition) is 2. The quantitative estimate of drug-likeness (QED) is 0.814. The fourth-order valence-electron chi connectivity index (χ4n) is 2.25. The first-order valence-electron chi connectivity index (χ1n) is 5.96. The molecule has 0 bridgehead atoms. The molecule has 3 rings (SSSR count). The van der Waals surface area contributed by atoms with E-state index in [2.05, 4.69) is 4.98 Å². The van der Waals surface area contributed by atoms with E-state index in [9.17, 15) is 9.59 Å². The number of imidazole rings is 1. The van der Waals surface area contributed by atoms with Crippen molar-refractivity contribution in [3.05, 3.63) is 34.2 Å². The van der Waals surface area contributed by atoms with Crippen LogP contribution in [0.25, 0.3) is 11.0 Å². The van der Waals surface area contributed by atoms with Gasteiger partial charge in [0.2, 0.25) is 0 Å². The van der Waals surface area contributed by atoms with Crippen molar-refractivity contribution in [2.45, 2.75) is 31.7 Å². The van der Waals surface area contributed by atoms with Crippen molar-refractivity contribution in [2.24, 2.45) is 0 Å². The van der Waals surface area contributed by atoms with E-state index in [1.807, 2.05) is 22.8 Å². The molecule has 2 aromatic rings. The molecule has 1 heterocycles. The SMILES string of the molecule is O=CCCc1ccc2c(c1)[nH]c(=O)n2C1CC1. The highest BCUT2D eigenvalue weighted by molar-refractivity contribution is 5.76. The first-order chi connectivity index (χ1) is 8.29. The molecule has 0 saturated heterocycles. The maximum atomic E-state index is 11.8. The van der Waals surface area contributed by atoms with Crippen LogP contribution in [0.2, 0.25) is 0 Å². The van der Waals surface area contributed by atoms with E-state index in [1.165, 1.54) is 0 Å². The molecular formula is C13H14N2O2. The number of benzene rings is 1. The molecule has 1 aliphatic rings. The number of aromatic nitrogens is 2. The topological polar surface area (TPSA) is 54.9 Å². The van der Waals surface area contributed by atoms with Gasteiger partial charge in [-0.2, -0.15) is 0 Å². The number of fused-ring (bicyclic) bond motifs is 1. The Bertz CT molecular complexity index is 620. The largest absolute Gasteiger partial charge is 0.326 e. The van der Waals surface area contributed by atoms with Gasteiger partial charge < -0.3 is 9.78 Å². The van der Waals surface area contributed by atoms with Gasteiger partial charge in [-0.25, -0.2) is 4.79 Å². The van der Waals surface area contributed by atoms with Crippen LogP contribution >= 0.6 is 0 Å². The van der Waals surface area contributed by atoms with Gasteiger partial charge in [-0.15, -0.1) is 0 Å². The first-order valence-corrected chi connectivity index (χ1v) is 5.96. The van der Waals surface area contributed by atoms with Crippen LogP contribution in [0.3, 0.4) is 0 Å². The lowest BCUT2D eigenvalue weighted by molar-refractivity contribution is -0.107. The minimum Gasteiger partial charge on any atom is -0.306 e. The van der Waals surface area contributed by atoms with Crippen LogP contribution in [-0.4, -0.2) is 15.8 Å². The Kier molecular flexibility index (Phi) is 2.35. The van der Waals surface area contributed by atoms with Crippen LogP contribution in [0.15, 0.2) is 23.0 Å². The summed E-state index contributed by atoms with van der Waals surface area (Å²) < 4.78 is 1.85. The zero-order valence-corrected chi connectivity index (χ0v) is 9.48. The second-order valence-corrected chi connectivity index (χ2v) is 4.59. The minimum atomic E-state index is -0.0185. The molecular weight excluding hydrogens is 216 g/mol. The number of aldehydes is 1. The van der Waals surface area contributed by atoms with Gasteiger partial charge in [0, 0.05) is 12.5 Å². The Morgan fingerprint density at radius 1 is 1.41 bits per heavy atom. The third kappa shape index (κ3) is 1.79. The number of nitrogens with zero attached hydrogens (tertiary/aromatic N) is 1. The number of hydrogen-bond donors (Lipinski definition) is 1. The van der Waals surface area contributed by atoms with Gasteiger partial charge in [-0.3, -0.25) is 4.57 Å². The molecule has 1 saturated carbocycles. The van der Waals surface area contributed by atoms with Crippen molar-refractivity contribution >= 4 is 17.3 Å². The molecule has 0 aliphatic heterocycles. The monoisotopic (exact) mass is 230 g/mol. The normalized spacial score (nSPS) is 15.3. The molecule has 88 valence electrons. The van der Waals surface area contributed by atoms with E-state index in [1.54, 1.807) is 0 Å². The number of rotatable bonds is 4. The summed E-state index contributed by atoms with van der Waals surface area (Å²) >= 11 is 0. The van der Waals surface area contributed by atoms with Crippen LogP contribution in [0, 0.1) is 0 Å². The molecule has 0 unspecified atom stereocenters. The summed E-state index contributed by atoms with van der Waals surface area (Å²) in [6, 6.07) is 6.33. The lowest BCUT2D eigenvalue weighted by Crippen LogP contribution is -2.14. The van der Waals surface area contributed by atoms with E-state index in [0.717, 1.165) is 42.1 Å². The Labute approximate surface area is 98.3 Å². The molecule has 1 aromatic heterocycles. The predicted octanol–water partition coefficient (Wildman–Crippen LogP) is 1.80. The van der Waals surface area contributed by atoms with Gasteiger partial charge in [0.25, 0.3) is 0 Å². The second-order valence-electron chi connectivity index (χ2n) is 4.59. The van der Waals surface area contributed by atoms with Gasteiger partial charge in [-0.1, -0.05) is 6.07 Å². The van der Waals surface area contributed by atoms with E-state index < -0.39 is 0 Å². The predicted molar refractivity (Wildman–Crippen MR) is 65.2 cm³/mol. The molecule has 1 aliphatic carbocycles. The number of aryl methyl sites for hydroxylation is 1. The van der Waals surface area contributed by atoms with Crippen molar-refractivity contribution in [3.8, 4) is 0 Å². The van der Waals surface area contributed by atoms with Crippen molar-refractivity contribution in [1.29, 1.82) is 0 Å². The van der Waals surface area contributed by atoms with Crippen LogP contribution in [0.1, 0.15) is 30.9 Å². The average molecular weight is 230 g/mol. The molecule has 1 fully saturated rings. The molecule has 17 heavy (non-hydrogen) atoms. The van der Waals surface area contributed by atoms with E-state index in [0.29, 0.717) is 12.5 Å². The lowest BCUT2D eigenvalue weighted by atomic mass is 10.1. The second kappa shape index (κ2) is 3.87. The van der Waals surface area contributed by atoms with Crippen molar-refractivity contribution in [3.63, 3.8) is 0 Å². The smallest absolute Gasteiger partial charge is 0.306 e. The maximum Gasteiger partial charge on any atom is 0.326 e. The summed E-state index contributed by atoms with van der Waals surface area (Å²) in [6.07, 6.45) is 4.37. The first kappa shape index (κ1) is 10.3. The van der Waals surface area contributed by atoms with Crippen LogP contribution in [0.4, 0.5) is 0 Å². The molecule has 0 radical (unpaired) electrons. The zero-order valence-electron chi connectivity index (χ0n) is 9.48. The zero-order chi connectivity index (χ0) is 11.8. The van der Waals surface area contributed by atoms with Crippen molar-refractivity contribution < 1.29 is 4.79 Å². The summed E-state index contributed by atoms with van der Waals surface area (Å²) in [5.74, 6) is 0. The standard InChI is InChI=1S/C13H14N2O2/c16-7-1-2-9-3-6-12-11(8-9)14-13(17)15(12)10-4-5-10/h3,6-8,10H,1-2,4-5H2,(H,14,17). The summed E-state index contributed by atoms with van der Waals surface area (Å²) in [7, 11) is 0. The van der Waals surface area contributed by atoms with Crippen LogP contribution in [-0.2, 0) is 11.2 Å². The minimum absolute atomic E-state index is 0.0185. The highest BCUT2D eigenvalue weighted by atomic mass is 16.1. The molecule has 0 atom stereocenters. The molecule has 1 N–H and O–H groups in total. The fraction of sp³-hybridized carbons (Fsp3) is 0.385. The highest BCUT2D eigenvalue weighted by Crippen LogP contribution is 2.35. The Morgan fingerprint density at radius 2 is 2.24 bits per heavy atom. The van der Waals surface area contributed by atoms with E-state index in [-0.39, 0.29) is 5.69 Å². The number of carbonyl (C=O) groups excluding carboxylic acids is 1. The molecule has 1 aromatic carbocycles. The summed E-state index contributed by atoms with van der Waals surface area (Å²) in [6.45, 7) is 0. The number of aromatic amines is 1. The van der Waals surface area contributed by atoms with Crippen molar-refractivity contribution in [2.75, 3.05) is 0 Å². The lowest BCUT2D eigenvalue weighted by Gasteiger charge is -2.01. The van der Waals surface area contributed by atoms with Crippen molar-refractivity contribution in [1.82, 2.24) is 9.55 Å². The molecule has 4 nitrogen and oxygen atoms in total. The van der Waals surface area contributed by atoms with Gasteiger partial charge in [0.05, 0.1) is 11.0 Å². The Hall–Kier alpha value is -1.84. The fourth-order valence-corrected chi connectivity index (χ4v) is 2.25. The molecule has 0 amide bonds. The number of carbonyl (C=O) groups is 1. The summed E-state index contributed by atoms with van der Waals surface area (Å²) in [5.41, 5.74) is 2.93. The Balaban J connectivity index is 2.05. The summed E-state index contributed by atoms with van der Waals surface area (Å²) in [5, 5.41) is 0. The Morgan fingerprint density at radius 3 is 2.94 bits per heavy atom. The van der Waals surface area contributed by atoms with Gasteiger partial charge >= 0.3 is 5.69 Å². The van der Waals surface area contributed by atoms with Crippen LogP contribution in [0.5, 0.6) is 0 Å². The van der Waals surface area contributed by atoms with Gasteiger partial charge in [0.1, 0.15) is 6.29 Å². The highest BCUT2D eigenvalue weighted by Gasteiger charge is 2.26. The number of nitrogens with one attached hydrogen (secondary N) is 1. The van der Waals surface area contributed by atoms with E-state index >= 15 is 0 Å².